The first-order valence-electron chi connectivity index (χ1n) is 10.3. The topological polar surface area (TPSA) is 50.3 Å². The molecular weight excluding hydrogens is 372 g/mol. The largest absolute Gasteiger partial charge is 0.371 e. The minimum Gasteiger partial charge on any atom is -0.371 e. The molecule has 0 saturated carbocycles. The van der Waals surface area contributed by atoms with Gasteiger partial charge in [0.05, 0.1) is 23.9 Å². The zero-order chi connectivity index (χ0) is 20.2. The average Bonchev–Trinajstić information content (AvgIpc) is 2.81. The summed E-state index contributed by atoms with van der Waals surface area (Å²) < 4.78 is 5.98. The van der Waals surface area contributed by atoms with Crippen molar-refractivity contribution >= 4 is 22.4 Å². The molecule has 1 aliphatic heterocycles. The lowest BCUT2D eigenvalue weighted by Crippen LogP contribution is -2.37. The van der Waals surface area contributed by atoms with Gasteiger partial charge in [0.15, 0.2) is 0 Å². The van der Waals surface area contributed by atoms with Crippen LogP contribution in [-0.2, 0) is 11.3 Å². The van der Waals surface area contributed by atoms with Gasteiger partial charge in [0.2, 0.25) is 0 Å². The molecule has 150 valence electrons. The third kappa shape index (κ3) is 4.17. The van der Waals surface area contributed by atoms with E-state index in [2.05, 4.69) is 62.6 Å². The molecule has 1 fully saturated rings. The number of hydrogen-bond donors (Lipinski definition) is 1. The van der Waals surface area contributed by atoms with Crippen LogP contribution in [0.4, 0.5) is 11.5 Å². The molecule has 5 heteroatoms. The number of nitrogens with zero attached hydrogens (tertiary/aromatic N) is 3. The van der Waals surface area contributed by atoms with Gasteiger partial charge in [-0.05, 0) is 29.3 Å². The zero-order valence-corrected chi connectivity index (χ0v) is 16.7. The van der Waals surface area contributed by atoms with Crippen LogP contribution in [0.2, 0.25) is 0 Å². The molecule has 0 spiro atoms. The van der Waals surface area contributed by atoms with Gasteiger partial charge in [-0.3, -0.25) is 9.88 Å². The first-order chi connectivity index (χ1) is 14.8. The average molecular weight is 396 g/mol. The number of hydrogen-bond acceptors (Lipinski definition) is 5. The molecule has 5 rings (SSSR count). The molecule has 0 amide bonds. The number of nitrogens with one attached hydrogen (secondary N) is 1. The SMILES string of the molecule is c1ccc(C2CN(Cc3ccc(Nc4cccc5cccnc45)nc3)CCO2)cc1. The molecule has 2 aromatic carbocycles. The Balaban J connectivity index is 1.25. The van der Waals surface area contributed by atoms with Crippen molar-refractivity contribution in [1.82, 2.24) is 14.9 Å². The monoisotopic (exact) mass is 396 g/mol. The number of morpholine rings is 1. The summed E-state index contributed by atoms with van der Waals surface area (Å²) in [6, 6.07) is 24.8. The summed E-state index contributed by atoms with van der Waals surface area (Å²) in [7, 11) is 0. The number of anilines is 2. The number of benzene rings is 2. The van der Waals surface area contributed by atoms with Crippen molar-refractivity contribution in [2.24, 2.45) is 0 Å². The predicted molar refractivity (Wildman–Crippen MR) is 120 cm³/mol. The van der Waals surface area contributed by atoms with Gasteiger partial charge in [0, 0.05) is 37.4 Å². The van der Waals surface area contributed by atoms with Crippen LogP contribution < -0.4 is 5.32 Å². The summed E-state index contributed by atoms with van der Waals surface area (Å²) in [5, 5.41) is 4.51. The highest BCUT2D eigenvalue weighted by Crippen LogP contribution is 2.25. The Morgan fingerprint density at radius 3 is 2.70 bits per heavy atom. The highest BCUT2D eigenvalue weighted by Gasteiger charge is 2.21. The van der Waals surface area contributed by atoms with Gasteiger partial charge in [-0.1, -0.05) is 54.6 Å². The van der Waals surface area contributed by atoms with Gasteiger partial charge in [-0.15, -0.1) is 0 Å². The van der Waals surface area contributed by atoms with Crippen molar-refractivity contribution in [3.05, 3.63) is 96.3 Å². The van der Waals surface area contributed by atoms with Crippen molar-refractivity contribution in [3.63, 3.8) is 0 Å². The van der Waals surface area contributed by atoms with Crippen LogP contribution in [0.15, 0.2) is 85.2 Å². The van der Waals surface area contributed by atoms with Crippen molar-refractivity contribution in [1.29, 1.82) is 0 Å². The maximum atomic E-state index is 5.98. The van der Waals surface area contributed by atoms with E-state index in [4.69, 9.17) is 4.74 Å². The van der Waals surface area contributed by atoms with Crippen molar-refractivity contribution in [2.45, 2.75) is 12.6 Å². The second kappa shape index (κ2) is 8.61. The highest BCUT2D eigenvalue weighted by atomic mass is 16.5. The lowest BCUT2D eigenvalue weighted by Gasteiger charge is -2.33. The first-order valence-corrected chi connectivity index (χ1v) is 10.3. The van der Waals surface area contributed by atoms with Crippen LogP contribution in [0.5, 0.6) is 0 Å². The Hall–Kier alpha value is -3.28. The van der Waals surface area contributed by atoms with Crippen LogP contribution in [0, 0.1) is 0 Å². The molecule has 1 aliphatic rings. The molecule has 0 aliphatic carbocycles. The van der Waals surface area contributed by atoms with E-state index in [0.29, 0.717) is 0 Å². The van der Waals surface area contributed by atoms with Crippen molar-refractivity contribution in [3.8, 4) is 0 Å². The normalized spacial score (nSPS) is 17.1. The summed E-state index contributed by atoms with van der Waals surface area (Å²) in [5.41, 5.74) is 4.35. The van der Waals surface area contributed by atoms with Crippen molar-refractivity contribution in [2.75, 3.05) is 25.0 Å². The Labute approximate surface area is 176 Å². The lowest BCUT2D eigenvalue weighted by molar-refractivity contribution is -0.0329. The predicted octanol–water partition coefficient (Wildman–Crippen LogP) is 4.95. The molecule has 0 bridgehead atoms. The van der Waals surface area contributed by atoms with Crippen LogP contribution in [-0.4, -0.2) is 34.6 Å². The van der Waals surface area contributed by atoms with E-state index in [1.807, 2.05) is 42.7 Å². The number of ether oxygens (including phenoxy) is 1. The quantitative estimate of drug-likeness (QED) is 0.517. The van der Waals surface area contributed by atoms with Crippen LogP contribution in [0.1, 0.15) is 17.2 Å². The molecule has 1 atom stereocenters. The second-order valence-corrected chi connectivity index (χ2v) is 7.56. The smallest absolute Gasteiger partial charge is 0.130 e. The first kappa shape index (κ1) is 18.7. The highest BCUT2D eigenvalue weighted by molar-refractivity contribution is 5.91. The third-order valence-electron chi connectivity index (χ3n) is 5.45. The van der Waals surface area contributed by atoms with Crippen LogP contribution >= 0.6 is 0 Å². The molecule has 5 nitrogen and oxygen atoms in total. The van der Waals surface area contributed by atoms with Crippen LogP contribution in [0.3, 0.4) is 0 Å². The zero-order valence-electron chi connectivity index (χ0n) is 16.7. The van der Waals surface area contributed by atoms with Gasteiger partial charge in [-0.2, -0.15) is 0 Å². The van der Waals surface area contributed by atoms with Gasteiger partial charge >= 0.3 is 0 Å². The maximum Gasteiger partial charge on any atom is 0.130 e. The molecule has 1 N–H and O–H groups in total. The molecule has 3 heterocycles. The molecule has 1 saturated heterocycles. The molecular formula is C25H24N4O. The molecule has 2 aromatic heterocycles. The van der Waals surface area contributed by atoms with Crippen LogP contribution in [0.25, 0.3) is 10.9 Å². The fraction of sp³-hybridized carbons (Fsp3) is 0.200. The van der Waals surface area contributed by atoms with E-state index in [0.717, 1.165) is 48.6 Å². The van der Waals surface area contributed by atoms with Gasteiger partial charge in [0.1, 0.15) is 5.82 Å². The lowest BCUT2D eigenvalue weighted by atomic mass is 10.1. The van der Waals surface area contributed by atoms with Gasteiger partial charge < -0.3 is 10.1 Å². The van der Waals surface area contributed by atoms with E-state index in [1.54, 1.807) is 0 Å². The van der Waals surface area contributed by atoms with Gasteiger partial charge in [-0.25, -0.2) is 4.98 Å². The Kier molecular flexibility index (Phi) is 5.38. The number of aromatic nitrogens is 2. The minimum absolute atomic E-state index is 0.132. The summed E-state index contributed by atoms with van der Waals surface area (Å²) in [4.78, 5) is 11.6. The molecule has 4 aromatic rings. The fourth-order valence-electron chi connectivity index (χ4n) is 3.91. The maximum absolute atomic E-state index is 5.98. The second-order valence-electron chi connectivity index (χ2n) is 7.56. The van der Waals surface area contributed by atoms with Gasteiger partial charge in [0.25, 0.3) is 0 Å². The van der Waals surface area contributed by atoms with E-state index >= 15 is 0 Å². The summed E-state index contributed by atoms with van der Waals surface area (Å²) in [6.07, 6.45) is 3.90. The summed E-state index contributed by atoms with van der Waals surface area (Å²) >= 11 is 0. The van der Waals surface area contributed by atoms with Crippen molar-refractivity contribution < 1.29 is 4.74 Å². The molecule has 30 heavy (non-hydrogen) atoms. The van der Waals surface area contributed by atoms with E-state index in [1.165, 1.54) is 11.1 Å². The Morgan fingerprint density at radius 2 is 1.83 bits per heavy atom. The number of pyridine rings is 2. The fourth-order valence-corrected chi connectivity index (χ4v) is 3.91. The Bertz CT molecular complexity index is 1110. The Morgan fingerprint density at radius 1 is 0.933 bits per heavy atom. The minimum atomic E-state index is 0.132. The van der Waals surface area contributed by atoms with E-state index in [-0.39, 0.29) is 6.10 Å². The third-order valence-corrected chi connectivity index (χ3v) is 5.45. The standard InChI is InChI=1S/C25H24N4O/c1-2-6-20(7-3-1)23-18-29(14-15-30-23)17-19-11-12-24(27-16-19)28-22-10-4-8-21-9-5-13-26-25(21)22/h1-13,16,23H,14-15,17-18H2,(H,27,28). The number of rotatable bonds is 5. The number of fused-ring (bicyclic) bond motifs is 1. The van der Waals surface area contributed by atoms with E-state index < -0.39 is 0 Å². The summed E-state index contributed by atoms with van der Waals surface area (Å²) in [6.45, 7) is 3.45. The number of para-hydroxylation sites is 1. The van der Waals surface area contributed by atoms with E-state index in [9.17, 15) is 0 Å². The summed E-state index contributed by atoms with van der Waals surface area (Å²) in [5.74, 6) is 0.820. The molecule has 0 radical (unpaired) electrons. The molecule has 1 unspecified atom stereocenters.